The van der Waals surface area contributed by atoms with Crippen molar-refractivity contribution in [3.63, 3.8) is 0 Å². The highest BCUT2D eigenvalue weighted by Gasteiger charge is 2.13. The van der Waals surface area contributed by atoms with Crippen molar-refractivity contribution in [1.29, 1.82) is 0 Å². The minimum atomic E-state index is -3.08. The molecule has 0 aliphatic heterocycles. The van der Waals surface area contributed by atoms with Crippen LogP contribution in [0.3, 0.4) is 0 Å². The van der Waals surface area contributed by atoms with E-state index in [1.807, 2.05) is 13.8 Å². The smallest absolute Gasteiger partial charge is 0.293 e. The van der Waals surface area contributed by atoms with Gasteiger partial charge in [0.25, 0.3) is 5.56 Å². The lowest BCUT2D eigenvalue weighted by Crippen LogP contribution is -2.32. The van der Waals surface area contributed by atoms with Crippen LogP contribution in [0.25, 0.3) is 0 Å². The number of sulfone groups is 1. The lowest BCUT2D eigenvalue weighted by atomic mass is 10.2. The van der Waals surface area contributed by atoms with Crippen LogP contribution in [-0.2, 0) is 16.4 Å². The van der Waals surface area contributed by atoms with Gasteiger partial charge in [0.15, 0.2) is 5.82 Å². The van der Waals surface area contributed by atoms with E-state index in [9.17, 15) is 13.2 Å². The molecule has 1 atom stereocenters. The molecule has 0 aliphatic carbocycles. The number of anilines is 1. The van der Waals surface area contributed by atoms with Crippen molar-refractivity contribution in [1.82, 2.24) is 9.55 Å². The molecule has 0 aliphatic rings. The predicted molar refractivity (Wildman–Crippen MR) is 76.1 cm³/mol. The third-order valence-electron chi connectivity index (χ3n) is 2.41. The largest absolute Gasteiger partial charge is 0.362 e. The van der Waals surface area contributed by atoms with Gasteiger partial charge >= 0.3 is 0 Å². The SMILES string of the molecule is CC(C)Cn1ccnc(NC(C)CS(C)(=O)=O)c1=O. The normalized spacial score (nSPS) is 13.5. The van der Waals surface area contributed by atoms with Crippen LogP contribution in [0.15, 0.2) is 17.2 Å². The summed E-state index contributed by atoms with van der Waals surface area (Å²) in [5, 5.41) is 2.86. The van der Waals surface area contributed by atoms with Gasteiger partial charge in [-0.15, -0.1) is 0 Å². The number of nitrogens with zero attached hydrogens (tertiary/aromatic N) is 2. The summed E-state index contributed by atoms with van der Waals surface area (Å²) in [6.45, 7) is 6.36. The average molecular weight is 287 g/mol. The molecule has 1 N–H and O–H groups in total. The summed E-state index contributed by atoms with van der Waals surface area (Å²) >= 11 is 0. The summed E-state index contributed by atoms with van der Waals surface area (Å²) in [6, 6.07) is -0.356. The minimum Gasteiger partial charge on any atom is -0.362 e. The summed E-state index contributed by atoms with van der Waals surface area (Å²) in [7, 11) is -3.08. The highest BCUT2D eigenvalue weighted by molar-refractivity contribution is 7.90. The maximum absolute atomic E-state index is 12.1. The van der Waals surface area contributed by atoms with Crippen molar-refractivity contribution in [3.05, 3.63) is 22.7 Å². The molecule has 0 saturated carbocycles. The van der Waals surface area contributed by atoms with Crippen molar-refractivity contribution in [2.75, 3.05) is 17.3 Å². The van der Waals surface area contributed by atoms with Crippen LogP contribution in [0.4, 0.5) is 5.82 Å². The van der Waals surface area contributed by atoms with Crippen molar-refractivity contribution < 1.29 is 8.42 Å². The van der Waals surface area contributed by atoms with Crippen LogP contribution in [-0.4, -0.2) is 36.0 Å². The van der Waals surface area contributed by atoms with E-state index in [1.54, 1.807) is 23.9 Å². The van der Waals surface area contributed by atoms with Gasteiger partial charge < -0.3 is 9.88 Å². The van der Waals surface area contributed by atoms with E-state index in [4.69, 9.17) is 0 Å². The molecule has 0 radical (unpaired) electrons. The van der Waals surface area contributed by atoms with Crippen LogP contribution in [0.5, 0.6) is 0 Å². The Morgan fingerprint density at radius 2 is 2.00 bits per heavy atom. The quantitative estimate of drug-likeness (QED) is 0.835. The topological polar surface area (TPSA) is 81.1 Å². The first kappa shape index (κ1) is 15.7. The molecular weight excluding hydrogens is 266 g/mol. The molecule has 0 saturated heterocycles. The Bertz CT molecular complexity index is 578. The fourth-order valence-corrected chi connectivity index (χ4v) is 2.80. The summed E-state index contributed by atoms with van der Waals surface area (Å²) in [5.41, 5.74) is -0.225. The van der Waals surface area contributed by atoms with E-state index in [2.05, 4.69) is 10.3 Å². The van der Waals surface area contributed by atoms with Crippen molar-refractivity contribution in [2.24, 2.45) is 5.92 Å². The molecule has 0 spiro atoms. The molecule has 1 heterocycles. The van der Waals surface area contributed by atoms with Gasteiger partial charge in [-0.3, -0.25) is 4.79 Å². The predicted octanol–water partition coefficient (Wildman–Crippen LogP) is 0.744. The van der Waals surface area contributed by atoms with Gasteiger partial charge in [0.2, 0.25) is 0 Å². The zero-order valence-corrected chi connectivity index (χ0v) is 12.6. The number of hydrogen-bond donors (Lipinski definition) is 1. The highest BCUT2D eigenvalue weighted by Crippen LogP contribution is 2.01. The first-order chi connectivity index (χ1) is 8.69. The Balaban J connectivity index is 2.88. The van der Waals surface area contributed by atoms with Gasteiger partial charge in [-0.2, -0.15) is 0 Å². The fraction of sp³-hybridized carbons (Fsp3) is 0.667. The van der Waals surface area contributed by atoms with Gasteiger partial charge in [0.05, 0.1) is 5.75 Å². The molecule has 0 fully saturated rings. The van der Waals surface area contributed by atoms with Crippen LogP contribution in [0.1, 0.15) is 20.8 Å². The van der Waals surface area contributed by atoms with Gasteiger partial charge in [0.1, 0.15) is 9.84 Å². The van der Waals surface area contributed by atoms with Gasteiger partial charge in [-0.05, 0) is 12.8 Å². The molecule has 1 unspecified atom stereocenters. The summed E-state index contributed by atoms with van der Waals surface area (Å²) in [4.78, 5) is 16.1. The monoisotopic (exact) mass is 287 g/mol. The number of hydrogen-bond acceptors (Lipinski definition) is 5. The Labute approximate surface area is 113 Å². The zero-order chi connectivity index (χ0) is 14.6. The maximum atomic E-state index is 12.1. The minimum absolute atomic E-state index is 0.0345. The molecule has 19 heavy (non-hydrogen) atoms. The van der Waals surface area contributed by atoms with E-state index < -0.39 is 9.84 Å². The van der Waals surface area contributed by atoms with Crippen LogP contribution in [0.2, 0.25) is 0 Å². The number of aromatic nitrogens is 2. The first-order valence-corrected chi connectivity index (χ1v) is 8.25. The lowest BCUT2D eigenvalue weighted by Gasteiger charge is -2.14. The second kappa shape index (κ2) is 6.18. The molecule has 0 aromatic carbocycles. The summed E-state index contributed by atoms with van der Waals surface area (Å²) in [5.74, 6) is 0.508. The third kappa shape index (κ3) is 5.42. The molecular formula is C12H21N3O3S. The first-order valence-electron chi connectivity index (χ1n) is 6.18. The molecule has 1 aromatic heterocycles. The highest BCUT2D eigenvalue weighted by atomic mass is 32.2. The van der Waals surface area contributed by atoms with E-state index >= 15 is 0 Å². The second-order valence-electron chi connectivity index (χ2n) is 5.27. The van der Waals surface area contributed by atoms with Gasteiger partial charge in [-0.25, -0.2) is 13.4 Å². The molecule has 1 aromatic rings. The number of rotatable bonds is 6. The van der Waals surface area contributed by atoms with Crippen LogP contribution >= 0.6 is 0 Å². The van der Waals surface area contributed by atoms with Crippen LogP contribution < -0.4 is 10.9 Å². The van der Waals surface area contributed by atoms with E-state index in [-0.39, 0.29) is 23.2 Å². The molecule has 7 heteroatoms. The summed E-state index contributed by atoms with van der Waals surface area (Å²) in [6.07, 6.45) is 4.34. The Morgan fingerprint density at radius 3 is 2.53 bits per heavy atom. The summed E-state index contributed by atoms with van der Waals surface area (Å²) < 4.78 is 23.9. The van der Waals surface area contributed by atoms with Crippen molar-refractivity contribution >= 4 is 15.7 Å². The fourth-order valence-electron chi connectivity index (χ4n) is 1.81. The third-order valence-corrected chi connectivity index (χ3v) is 3.52. The van der Waals surface area contributed by atoms with Gasteiger partial charge in [0, 0.05) is 31.2 Å². The Hall–Kier alpha value is -1.37. The molecule has 1 rings (SSSR count). The number of nitrogens with one attached hydrogen (secondary N) is 1. The molecule has 6 nitrogen and oxygen atoms in total. The van der Waals surface area contributed by atoms with Crippen molar-refractivity contribution in [2.45, 2.75) is 33.4 Å². The van der Waals surface area contributed by atoms with E-state index in [0.717, 1.165) is 0 Å². The van der Waals surface area contributed by atoms with Crippen molar-refractivity contribution in [3.8, 4) is 0 Å². The Morgan fingerprint density at radius 1 is 1.37 bits per heavy atom. The molecule has 108 valence electrons. The lowest BCUT2D eigenvalue weighted by molar-refractivity contribution is 0.509. The molecule has 0 bridgehead atoms. The van der Waals surface area contributed by atoms with Crippen LogP contribution in [0, 0.1) is 5.92 Å². The maximum Gasteiger partial charge on any atom is 0.293 e. The zero-order valence-electron chi connectivity index (χ0n) is 11.8. The van der Waals surface area contributed by atoms with E-state index in [1.165, 1.54) is 6.26 Å². The standard InChI is InChI=1S/C12H21N3O3S/c1-9(2)7-15-6-5-13-11(12(15)16)14-10(3)8-19(4,17)18/h5-6,9-10H,7-8H2,1-4H3,(H,13,14). The van der Waals surface area contributed by atoms with E-state index in [0.29, 0.717) is 12.5 Å². The average Bonchev–Trinajstić information content (AvgIpc) is 2.20. The second-order valence-corrected chi connectivity index (χ2v) is 7.45. The van der Waals surface area contributed by atoms with Gasteiger partial charge in [-0.1, -0.05) is 13.8 Å². The Kier molecular flexibility index (Phi) is 5.11. The molecule has 0 amide bonds.